The lowest BCUT2D eigenvalue weighted by Gasteiger charge is -2.33. The molecule has 6 heteroatoms. The average Bonchev–Trinajstić information content (AvgIpc) is 2.59. The molecule has 2 amide bonds. The number of likely N-dealkylation sites (tertiary alicyclic amines) is 1. The van der Waals surface area contributed by atoms with Crippen LogP contribution in [0.4, 0.5) is 5.69 Å². The van der Waals surface area contributed by atoms with Gasteiger partial charge in [0, 0.05) is 44.2 Å². The van der Waals surface area contributed by atoms with E-state index in [0.717, 1.165) is 30.4 Å². The minimum Gasteiger partial charge on any atom is -0.382 e. The Morgan fingerprint density at radius 3 is 2.65 bits per heavy atom. The molecule has 0 saturated carbocycles. The first-order valence-corrected chi connectivity index (χ1v) is 7.97. The van der Waals surface area contributed by atoms with Gasteiger partial charge in [0.05, 0.1) is 0 Å². The van der Waals surface area contributed by atoms with Gasteiger partial charge in [0.15, 0.2) is 0 Å². The van der Waals surface area contributed by atoms with E-state index in [1.165, 1.54) is 0 Å². The minimum absolute atomic E-state index is 0.0612. The summed E-state index contributed by atoms with van der Waals surface area (Å²) in [4.78, 5) is 34.5. The highest BCUT2D eigenvalue weighted by molar-refractivity contribution is 5.78. The quantitative estimate of drug-likeness (QED) is 0.709. The van der Waals surface area contributed by atoms with E-state index in [2.05, 4.69) is 10.6 Å². The molecule has 0 spiro atoms. The van der Waals surface area contributed by atoms with Crippen molar-refractivity contribution in [2.24, 2.45) is 0 Å². The Morgan fingerprint density at radius 1 is 1.22 bits per heavy atom. The highest BCUT2D eigenvalue weighted by Gasteiger charge is 2.22. The summed E-state index contributed by atoms with van der Waals surface area (Å²) in [7, 11) is 0. The van der Waals surface area contributed by atoms with Crippen LogP contribution in [0.25, 0.3) is 0 Å². The van der Waals surface area contributed by atoms with Crippen LogP contribution in [-0.2, 0) is 20.9 Å². The van der Waals surface area contributed by atoms with Crippen molar-refractivity contribution in [3.63, 3.8) is 0 Å². The SMILES string of the molecule is O=CCCC(=O)N1CCC(Nc2ccccc2CNC=O)CC1. The lowest BCUT2D eigenvalue weighted by Crippen LogP contribution is -2.42. The standard InChI is InChI=1S/C17H23N3O3/c21-11-3-6-17(23)20-9-7-15(8-10-20)19-16-5-2-1-4-14(16)12-18-13-22/h1-2,4-5,11,13,15,19H,3,6-10,12H2,(H,18,22). The zero-order valence-corrected chi connectivity index (χ0v) is 13.2. The minimum atomic E-state index is 0.0612. The molecule has 2 rings (SSSR count). The molecule has 0 aromatic heterocycles. The molecule has 23 heavy (non-hydrogen) atoms. The second kappa shape index (κ2) is 8.92. The highest BCUT2D eigenvalue weighted by Crippen LogP contribution is 2.20. The van der Waals surface area contributed by atoms with Crippen molar-refractivity contribution in [3.05, 3.63) is 29.8 Å². The van der Waals surface area contributed by atoms with Gasteiger partial charge in [0.2, 0.25) is 12.3 Å². The van der Waals surface area contributed by atoms with E-state index in [-0.39, 0.29) is 5.91 Å². The number of aldehydes is 1. The normalized spacial score (nSPS) is 15.0. The van der Waals surface area contributed by atoms with E-state index in [4.69, 9.17) is 0 Å². The molecule has 1 heterocycles. The molecule has 1 saturated heterocycles. The molecule has 1 aromatic carbocycles. The maximum atomic E-state index is 11.9. The fourth-order valence-corrected chi connectivity index (χ4v) is 2.80. The summed E-state index contributed by atoms with van der Waals surface area (Å²) in [6, 6.07) is 8.20. The first-order chi connectivity index (χ1) is 11.2. The van der Waals surface area contributed by atoms with Crippen molar-refractivity contribution in [1.29, 1.82) is 0 Å². The van der Waals surface area contributed by atoms with E-state index < -0.39 is 0 Å². The van der Waals surface area contributed by atoms with Crippen LogP contribution in [0.2, 0.25) is 0 Å². The number of amides is 2. The predicted molar refractivity (Wildman–Crippen MR) is 87.9 cm³/mol. The Balaban J connectivity index is 1.85. The van der Waals surface area contributed by atoms with Gasteiger partial charge in [-0.3, -0.25) is 9.59 Å². The molecular formula is C17H23N3O3. The summed E-state index contributed by atoms with van der Waals surface area (Å²) >= 11 is 0. The van der Waals surface area contributed by atoms with Crippen molar-refractivity contribution in [1.82, 2.24) is 10.2 Å². The smallest absolute Gasteiger partial charge is 0.222 e. The Labute approximate surface area is 136 Å². The van der Waals surface area contributed by atoms with Gasteiger partial charge in [0.25, 0.3) is 0 Å². The third kappa shape index (κ3) is 5.09. The van der Waals surface area contributed by atoms with Crippen LogP contribution in [0.3, 0.4) is 0 Å². The van der Waals surface area contributed by atoms with Crippen LogP contribution in [0.5, 0.6) is 0 Å². The van der Waals surface area contributed by atoms with Crippen molar-refractivity contribution < 1.29 is 14.4 Å². The van der Waals surface area contributed by atoms with Crippen LogP contribution in [0.15, 0.2) is 24.3 Å². The molecule has 1 aromatic rings. The first kappa shape index (κ1) is 17.0. The summed E-state index contributed by atoms with van der Waals surface area (Å²) in [5.74, 6) is 0.0612. The van der Waals surface area contributed by atoms with Crippen LogP contribution < -0.4 is 10.6 Å². The van der Waals surface area contributed by atoms with Gasteiger partial charge in [-0.25, -0.2) is 0 Å². The van der Waals surface area contributed by atoms with Gasteiger partial charge in [-0.2, -0.15) is 0 Å². The summed E-state index contributed by atoms with van der Waals surface area (Å²) in [5.41, 5.74) is 2.07. The summed E-state index contributed by atoms with van der Waals surface area (Å²) in [5, 5.41) is 6.19. The van der Waals surface area contributed by atoms with Gasteiger partial charge in [-0.1, -0.05) is 18.2 Å². The Hall–Kier alpha value is -2.37. The monoisotopic (exact) mass is 317 g/mol. The molecule has 0 unspecified atom stereocenters. The molecule has 0 atom stereocenters. The number of anilines is 1. The van der Waals surface area contributed by atoms with Crippen molar-refractivity contribution in [2.45, 2.75) is 38.3 Å². The topological polar surface area (TPSA) is 78.5 Å². The van der Waals surface area contributed by atoms with Crippen molar-refractivity contribution in [2.75, 3.05) is 18.4 Å². The Bertz CT molecular complexity index is 540. The van der Waals surface area contributed by atoms with Gasteiger partial charge < -0.3 is 20.3 Å². The molecule has 1 fully saturated rings. The molecule has 0 bridgehead atoms. The molecule has 1 aliphatic heterocycles. The number of piperidine rings is 1. The van der Waals surface area contributed by atoms with E-state index >= 15 is 0 Å². The second-order valence-corrected chi connectivity index (χ2v) is 5.66. The number of nitrogens with zero attached hydrogens (tertiary/aromatic N) is 1. The lowest BCUT2D eigenvalue weighted by atomic mass is 10.0. The lowest BCUT2D eigenvalue weighted by molar-refractivity contribution is -0.133. The Kier molecular flexibility index (Phi) is 6.59. The molecule has 2 N–H and O–H groups in total. The third-order valence-electron chi connectivity index (χ3n) is 4.08. The maximum Gasteiger partial charge on any atom is 0.222 e. The summed E-state index contributed by atoms with van der Waals surface area (Å²) < 4.78 is 0. The largest absolute Gasteiger partial charge is 0.382 e. The predicted octanol–water partition coefficient (Wildman–Crippen LogP) is 1.31. The van der Waals surface area contributed by atoms with Gasteiger partial charge in [-0.15, -0.1) is 0 Å². The number of carbonyl (C=O) groups is 3. The number of hydrogen-bond donors (Lipinski definition) is 2. The van der Waals surface area contributed by atoms with Crippen LogP contribution >= 0.6 is 0 Å². The number of nitrogens with one attached hydrogen (secondary N) is 2. The number of para-hydroxylation sites is 1. The fraction of sp³-hybridized carbons (Fsp3) is 0.471. The third-order valence-corrected chi connectivity index (χ3v) is 4.08. The number of rotatable bonds is 8. The molecular weight excluding hydrogens is 294 g/mol. The average molecular weight is 317 g/mol. The van der Waals surface area contributed by atoms with Gasteiger partial charge >= 0.3 is 0 Å². The number of carbonyl (C=O) groups excluding carboxylic acids is 3. The van der Waals surface area contributed by atoms with Crippen LogP contribution in [0.1, 0.15) is 31.2 Å². The van der Waals surface area contributed by atoms with Crippen LogP contribution in [-0.4, -0.2) is 42.6 Å². The van der Waals surface area contributed by atoms with E-state index in [1.807, 2.05) is 29.2 Å². The van der Waals surface area contributed by atoms with Gasteiger partial charge in [0.1, 0.15) is 6.29 Å². The van der Waals surface area contributed by atoms with Gasteiger partial charge in [-0.05, 0) is 24.5 Å². The second-order valence-electron chi connectivity index (χ2n) is 5.66. The highest BCUT2D eigenvalue weighted by atomic mass is 16.2. The zero-order valence-electron chi connectivity index (χ0n) is 13.2. The Morgan fingerprint density at radius 2 is 1.96 bits per heavy atom. The summed E-state index contributed by atoms with van der Waals surface area (Å²) in [6.07, 6.45) is 3.84. The molecule has 0 aliphatic carbocycles. The molecule has 6 nitrogen and oxygen atoms in total. The first-order valence-electron chi connectivity index (χ1n) is 7.97. The van der Waals surface area contributed by atoms with E-state index in [9.17, 15) is 14.4 Å². The zero-order chi connectivity index (χ0) is 16.5. The maximum absolute atomic E-state index is 11.9. The number of benzene rings is 1. The van der Waals surface area contributed by atoms with Crippen LogP contribution in [0, 0.1) is 0 Å². The molecule has 0 radical (unpaired) electrons. The number of hydrogen-bond acceptors (Lipinski definition) is 4. The summed E-state index contributed by atoms with van der Waals surface area (Å²) in [6.45, 7) is 1.92. The van der Waals surface area contributed by atoms with Crippen molar-refractivity contribution >= 4 is 24.3 Å². The van der Waals surface area contributed by atoms with E-state index in [0.29, 0.717) is 44.9 Å². The molecule has 124 valence electrons. The molecule has 1 aliphatic rings. The van der Waals surface area contributed by atoms with Crippen molar-refractivity contribution in [3.8, 4) is 0 Å². The fourth-order valence-electron chi connectivity index (χ4n) is 2.80. The van der Waals surface area contributed by atoms with E-state index in [1.54, 1.807) is 0 Å².